The van der Waals surface area contributed by atoms with Gasteiger partial charge in [-0.2, -0.15) is 0 Å². The molecule has 0 aromatic heterocycles. The summed E-state index contributed by atoms with van der Waals surface area (Å²) >= 11 is 0. The highest BCUT2D eigenvalue weighted by atomic mass is 15.2. The topological polar surface area (TPSA) is 15.3 Å². The third-order valence-corrected chi connectivity index (χ3v) is 5.45. The van der Waals surface area contributed by atoms with Crippen LogP contribution in [0.1, 0.15) is 51.5 Å². The van der Waals surface area contributed by atoms with E-state index in [0.29, 0.717) is 11.5 Å². The second-order valence-corrected chi connectivity index (χ2v) is 7.19. The standard InChI is InChI=1S/C19H30N2/c1-3-12-20-14-19(10-6-7-11-19)15-21-16(2)13-17-8-4-5-9-18(17)21/h4-5,8-9,16,20H,3,6-7,10-15H2,1-2H3. The molecule has 2 aliphatic rings. The first-order valence-corrected chi connectivity index (χ1v) is 8.79. The normalized spacial score (nSPS) is 23.5. The van der Waals surface area contributed by atoms with Crippen LogP contribution in [0, 0.1) is 5.41 Å². The summed E-state index contributed by atoms with van der Waals surface area (Å²) in [7, 11) is 0. The quantitative estimate of drug-likeness (QED) is 0.795. The molecule has 2 heteroatoms. The Hall–Kier alpha value is -1.02. The molecule has 0 radical (unpaired) electrons. The average Bonchev–Trinajstić information content (AvgIpc) is 3.06. The van der Waals surface area contributed by atoms with E-state index in [1.165, 1.54) is 57.3 Å². The molecular weight excluding hydrogens is 256 g/mol. The van der Waals surface area contributed by atoms with Crippen LogP contribution in [0.25, 0.3) is 0 Å². The van der Waals surface area contributed by atoms with Gasteiger partial charge in [0.2, 0.25) is 0 Å². The number of hydrogen-bond donors (Lipinski definition) is 1. The van der Waals surface area contributed by atoms with Crippen LogP contribution in [0.3, 0.4) is 0 Å². The Morgan fingerprint density at radius 3 is 2.76 bits per heavy atom. The lowest BCUT2D eigenvalue weighted by molar-refractivity contribution is 0.279. The smallest absolute Gasteiger partial charge is 0.0402 e. The maximum Gasteiger partial charge on any atom is 0.0402 e. The van der Waals surface area contributed by atoms with Gasteiger partial charge in [-0.1, -0.05) is 38.0 Å². The number of anilines is 1. The van der Waals surface area contributed by atoms with Gasteiger partial charge >= 0.3 is 0 Å². The van der Waals surface area contributed by atoms with Crippen molar-refractivity contribution in [3.05, 3.63) is 29.8 Å². The van der Waals surface area contributed by atoms with Crippen LogP contribution in [0.5, 0.6) is 0 Å². The van der Waals surface area contributed by atoms with Crippen LogP contribution in [0.15, 0.2) is 24.3 Å². The van der Waals surface area contributed by atoms with Crippen molar-refractivity contribution in [3.8, 4) is 0 Å². The highest BCUT2D eigenvalue weighted by Gasteiger charge is 2.38. The van der Waals surface area contributed by atoms with Gasteiger partial charge in [-0.3, -0.25) is 0 Å². The molecule has 116 valence electrons. The van der Waals surface area contributed by atoms with E-state index in [0.717, 1.165) is 6.54 Å². The summed E-state index contributed by atoms with van der Waals surface area (Å²) in [6.45, 7) is 8.25. The molecule has 3 rings (SSSR count). The molecule has 1 aliphatic heterocycles. The fourth-order valence-electron chi connectivity index (χ4n) is 4.28. The van der Waals surface area contributed by atoms with Crippen LogP contribution >= 0.6 is 0 Å². The molecule has 1 aliphatic carbocycles. The first-order chi connectivity index (χ1) is 10.2. The van der Waals surface area contributed by atoms with Crippen molar-refractivity contribution in [2.75, 3.05) is 24.5 Å². The van der Waals surface area contributed by atoms with Crippen molar-refractivity contribution < 1.29 is 0 Å². The fraction of sp³-hybridized carbons (Fsp3) is 0.684. The van der Waals surface area contributed by atoms with Crippen LogP contribution in [0.4, 0.5) is 5.69 Å². The van der Waals surface area contributed by atoms with Gasteiger partial charge in [-0.25, -0.2) is 0 Å². The van der Waals surface area contributed by atoms with Crippen LogP contribution in [-0.2, 0) is 6.42 Å². The molecule has 1 fully saturated rings. The van der Waals surface area contributed by atoms with Gasteiger partial charge in [-0.15, -0.1) is 0 Å². The number of nitrogens with one attached hydrogen (secondary N) is 1. The van der Waals surface area contributed by atoms with Crippen molar-refractivity contribution >= 4 is 5.69 Å². The SMILES string of the molecule is CCCNCC1(CN2c3ccccc3CC2C)CCCC1. The molecular formula is C19H30N2. The van der Waals surface area contributed by atoms with E-state index in [1.807, 2.05) is 0 Å². The zero-order valence-corrected chi connectivity index (χ0v) is 13.7. The Morgan fingerprint density at radius 1 is 1.24 bits per heavy atom. The van der Waals surface area contributed by atoms with Crippen molar-refractivity contribution in [1.29, 1.82) is 0 Å². The highest BCUT2D eigenvalue weighted by molar-refractivity contribution is 5.59. The molecule has 1 atom stereocenters. The van der Waals surface area contributed by atoms with Crippen molar-refractivity contribution in [2.45, 2.75) is 58.4 Å². The number of para-hydroxylation sites is 1. The summed E-state index contributed by atoms with van der Waals surface area (Å²) in [6.07, 6.45) is 8.08. The van der Waals surface area contributed by atoms with Crippen molar-refractivity contribution in [1.82, 2.24) is 5.32 Å². The predicted molar refractivity (Wildman–Crippen MR) is 91.0 cm³/mol. The first-order valence-electron chi connectivity index (χ1n) is 8.79. The minimum Gasteiger partial charge on any atom is -0.368 e. The molecule has 2 nitrogen and oxygen atoms in total. The molecule has 1 aromatic rings. The molecule has 0 spiro atoms. The van der Waals surface area contributed by atoms with Gasteiger partial charge in [0.1, 0.15) is 0 Å². The number of nitrogens with zero attached hydrogens (tertiary/aromatic N) is 1. The first kappa shape index (κ1) is 14.9. The lowest BCUT2D eigenvalue weighted by Crippen LogP contribution is -2.44. The fourth-order valence-corrected chi connectivity index (χ4v) is 4.28. The van der Waals surface area contributed by atoms with Gasteiger partial charge in [0.05, 0.1) is 0 Å². The van der Waals surface area contributed by atoms with Gasteiger partial charge in [-0.05, 0) is 50.8 Å². The maximum absolute atomic E-state index is 3.70. The van der Waals surface area contributed by atoms with E-state index in [-0.39, 0.29) is 0 Å². The van der Waals surface area contributed by atoms with Crippen LogP contribution in [0.2, 0.25) is 0 Å². The zero-order chi connectivity index (χ0) is 14.7. The number of hydrogen-bond acceptors (Lipinski definition) is 2. The average molecular weight is 286 g/mol. The number of rotatable bonds is 6. The van der Waals surface area contributed by atoms with Crippen LogP contribution < -0.4 is 10.2 Å². The Kier molecular flexibility index (Phi) is 4.54. The highest BCUT2D eigenvalue weighted by Crippen LogP contribution is 2.42. The minimum atomic E-state index is 0.501. The summed E-state index contributed by atoms with van der Waals surface area (Å²) in [4.78, 5) is 2.69. The monoisotopic (exact) mass is 286 g/mol. The van der Waals surface area contributed by atoms with E-state index in [9.17, 15) is 0 Å². The summed E-state index contributed by atoms with van der Waals surface area (Å²) in [6, 6.07) is 9.67. The van der Waals surface area contributed by atoms with Gasteiger partial charge in [0.25, 0.3) is 0 Å². The second-order valence-electron chi connectivity index (χ2n) is 7.19. The van der Waals surface area contributed by atoms with E-state index in [1.54, 1.807) is 5.56 Å². The predicted octanol–water partition coefficient (Wildman–Crippen LogP) is 4.00. The molecule has 21 heavy (non-hydrogen) atoms. The van der Waals surface area contributed by atoms with Gasteiger partial charge in [0.15, 0.2) is 0 Å². The summed E-state index contributed by atoms with van der Waals surface area (Å²) in [5.74, 6) is 0. The summed E-state index contributed by atoms with van der Waals surface area (Å²) in [5.41, 5.74) is 3.53. The van der Waals surface area contributed by atoms with E-state index < -0.39 is 0 Å². The molecule has 1 saturated carbocycles. The van der Waals surface area contributed by atoms with Crippen LogP contribution in [-0.4, -0.2) is 25.7 Å². The Balaban J connectivity index is 1.74. The number of fused-ring (bicyclic) bond motifs is 1. The third-order valence-electron chi connectivity index (χ3n) is 5.45. The molecule has 0 bridgehead atoms. The van der Waals surface area contributed by atoms with E-state index >= 15 is 0 Å². The Morgan fingerprint density at radius 2 is 2.00 bits per heavy atom. The zero-order valence-electron chi connectivity index (χ0n) is 13.7. The van der Waals surface area contributed by atoms with Crippen molar-refractivity contribution in [3.63, 3.8) is 0 Å². The Bertz CT molecular complexity index is 462. The largest absolute Gasteiger partial charge is 0.368 e. The Labute approximate surface area is 129 Å². The van der Waals surface area contributed by atoms with E-state index in [4.69, 9.17) is 0 Å². The molecule has 0 amide bonds. The maximum atomic E-state index is 3.70. The lowest BCUT2D eigenvalue weighted by Gasteiger charge is -2.37. The molecule has 1 N–H and O–H groups in total. The van der Waals surface area contributed by atoms with E-state index in [2.05, 4.69) is 48.3 Å². The number of benzene rings is 1. The second kappa shape index (κ2) is 6.39. The van der Waals surface area contributed by atoms with Gasteiger partial charge in [0, 0.05) is 30.2 Å². The van der Waals surface area contributed by atoms with Crippen molar-refractivity contribution in [2.24, 2.45) is 5.41 Å². The molecule has 1 unspecified atom stereocenters. The molecule has 0 saturated heterocycles. The summed E-state index contributed by atoms with van der Waals surface area (Å²) in [5, 5.41) is 3.70. The third kappa shape index (κ3) is 3.11. The lowest BCUT2D eigenvalue weighted by atomic mass is 9.85. The van der Waals surface area contributed by atoms with Gasteiger partial charge < -0.3 is 10.2 Å². The minimum absolute atomic E-state index is 0.501. The summed E-state index contributed by atoms with van der Waals surface area (Å²) < 4.78 is 0. The molecule has 1 aromatic carbocycles. The molecule has 1 heterocycles.